The average Bonchev–Trinajstić information content (AvgIpc) is 2.44. The van der Waals surface area contributed by atoms with Crippen molar-refractivity contribution in [3.05, 3.63) is 64.4 Å². The number of nitrogens with one attached hydrogen (secondary N) is 1. The molecule has 1 N–H and O–H groups in total. The van der Waals surface area contributed by atoms with E-state index in [0.29, 0.717) is 10.9 Å². The monoisotopic (exact) mass is 335 g/mol. The highest BCUT2D eigenvalue weighted by Gasteiger charge is 2.19. The lowest BCUT2D eigenvalue weighted by atomic mass is 9.95. The summed E-state index contributed by atoms with van der Waals surface area (Å²) in [5.74, 6) is -0.921. The molecule has 0 radical (unpaired) electrons. The van der Waals surface area contributed by atoms with Crippen molar-refractivity contribution in [2.75, 3.05) is 5.32 Å². The lowest BCUT2D eigenvalue weighted by Crippen LogP contribution is -2.21. The molecule has 0 spiro atoms. The van der Waals surface area contributed by atoms with Crippen LogP contribution in [-0.4, -0.2) is 5.91 Å². The standard InChI is InChI=1S/C16H15BrFNO/c1-2-13(11-6-4-3-5-7-11)16(20)19-15-9-8-12(17)10-14(15)18/h3-10,13H,2H2,1H3,(H,19,20)/t13-/m0/s1. The average molecular weight is 336 g/mol. The van der Waals surface area contributed by atoms with Gasteiger partial charge < -0.3 is 5.32 Å². The fourth-order valence-electron chi connectivity index (χ4n) is 2.07. The number of hydrogen-bond donors (Lipinski definition) is 1. The number of benzene rings is 2. The number of halogens is 2. The zero-order valence-corrected chi connectivity index (χ0v) is 12.7. The Labute approximate surface area is 126 Å². The molecule has 0 bridgehead atoms. The number of amides is 1. The van der Waals surface area contributed by atoms with Crippen LogP contribution in [0.15, 0.2) is 53.0 Å². The molecule has 2 aromatic carbocycles. The summed E-state index contributed by atoms with van der Waals surface area (Å²) < 4.78 is 14.4. The van der Waals surface area contributed by atoms with Crippen molar-refractivity contribution in [3.63, 3.8) is 0 Å². The summed E-state index contributed by atoms with van der Waals surface area (Å²) in [7, 11) is 0. The molecule has 0 aliphatic heterocycles. The largest absolute Gasteiger partial charge is 0.323 e. The van der Waals surface area contributed by atoms with Gasteiger partial charge in [-0.1, -0.05) is 53.2 Å². The fourth-order valence-corrected chi connectivity index (χ4v) is 2.40. The van der Waals surface area contributed by atoms with Crippen molar-refractivity contribution in [2.45, 2.75) is 19.3 Å². The first-order chi connectivity index (χ1) is 9.61. The maximum Gasteiger partial charge on any atom is 0.231 e. The van der Waals surface area contributed by atoms with E-state index < -0.39 is 5.82 Å². The number of hydrogen-bond acceptors (Lipinski definition) is 1. The van der Waals surface area contributed by atoms with E-state index in [1.54, 1.807) is 12.1 Å². The van der Waals surface area contributed by atoms with Crippen LogP contribution in [0.3, 0.4) is 0 Å². The Balaban J connectivity index is 2.18. The molecule has 2 rings (SSSR count). The lowest BCUT2D eigenvalue weighted by Gasteiger charge is -2.15. The van der Waals surface area contributed by atoms with Crippen LogP contribution in [-0.2, 0) is 4.79 Å². The number of carbonyl (C=O) groups excluding carboxylic acids is 1. The Bertz CT molecular complexity index is 601. The summed E-state index contributed by atoms with van der Waals surface area (Å²) in [4.78, 5) is 12.3. The molecule has 4 heteroatoms. The number of carbonyl (C=O) groups is 1. The van der Waals surface area contributed by atoms with E-state index in [-0.39, 0.29) is 17.5 Å². The van der Waals surface area contributed by atoms with E-state index in [0.717, 1.165) is 5.56 Å². The predicted octanol–water partition coefficient (Wildman–Crippen LogP) is 4.72. The molecule has 20 heavy (non-hydrogen) atoms. The Hall–Kier alpha value is -1.68. The minimum Gasteiger partial charge on any atom is -0.323 e. The van der Waals surface area contributed by atoms with Crippen LogP contribution in [0.25, 0.3) is 0 Å². The quantitative estimate of drug-likeness (QED) is 0.860. The molecule has 1 atom stereocenters. The van der Waals surface area contributed by atoms with E-state index in [4.69, 9.17) is 0 Å². The van der Waals surface area contributed by atoms with Crippen LogP contribution in [0.2, 0.25) is 0 Å². The zero-order valence-electron chi connectivity index (χ0n) is 11.1. The molecular formula is C16H15BrFNO. The lowest BCUT2D eigenvalue weighted by molar-refractivity contribution is -0.117. The minimum absolute atomic E-state index is 0.195. The highest BCUT2D eigenvalue weighted by atomic mass is 79.9. The van der Waals surface area contributed by atoms with Gasteiger partial charge in [0.2, 0.25) is 5.91 Å². The van der Waals surface area contributed by atoms with Crippen molar-refractivity contribution < 1.29 is 9.18 Å². The van der Waals surface area contributed by atoms with E-state index in [1.165, 1.54) is 6.07 Å². The maximum absolute atomic E-state index is 13.7. The molecule has 2 aromatic rings. The first-order valence-electron chi connectivity index (χ1n) is 6.42. The van der Waals surface area contributed by atoms with Gasteiger partial charge in [0.05, 0.1) is 11.6 Å². The molecule has 0 saturated heterocycles. The van der Waals surface area contributed by atoms with E-state index in [9.17, 15) is 9.18 Å². The molecular weight excluding hydrogens is 321 g/mol. The summed E-state index contributed by atoms with van der Waals surface area (Å²) in [5, 5.41) is 2.65. The summed E-state index contributed by atoms with van der Waals surface area (Å²) in [5.41, 5.74) is 1.14. The molecule has 0 saturated carbocycles. The van der Waals surface area contributed by atoms with Gasteiger partial charge in [0, 0.05) is 4.47 Å². The van der Waals surface area contributed by atoms with Gasteiger partial charge in [-0.2, -0.15) is 0 Å². The Kier molecular flexibility index (Phi) is 4.90. The molecule has 0 fully saturated rings. The van der Waals surface area contributed by atoms with E-state index in [1.807, 2.05) is 37.3 Å². The molecule has 104 valence electrons. The van der Waals surface area contributed by atoms with Gasteiger partial charge in [0.15, 0.2) is 0 Å². The maximum atomic E-state index is 13.7. The molecule has 1 amide bonds. The molecule has 0 unspecified atom stereocenters. The van der Waals surface area contributed by atoms with Crippen LogP contribution in [0.1, 0.15) is 24.8 Å². The normalized spacial score (nSPS) is 11.9. The molecule has 2 nitrogen and oxygen atoms in total. The van der Waals surface area contributed by atoms with Crippen LogP contribution in [0.4, 0.5) is 10.1 Å². The highest BCUT2D eigenvalue weighted by Crippen LogP contribution is 2.24. The van der Waals surface area contributed by atoms with E-state index in [2.05, 4.69) is 21.2 Å². The smallest absolute Gasteiger partial charge is 0.231 e. The second-order valence-corrected chi connectivity index (χ2v) is 5.40. The Morgan fingerprint density at radius 3 is 2.55 bits per heavy atom. The van der Waals surface area contributed by atoms with Crippen LogP contribution in [0, 0.1) is 5.82 Å². The summed E-state index contributed by atoms with van der Waals surface area (Å²) in [6.45, 7) is 1.94. The summed E-state index contributed by atoms with van der Waals surface area (Å²) in [6.07, 6.45) is 0.661. The van der Waals surface area contributed by atoms with Crippen molar-refractivity contribution in [1.29, 1.82) is 0 Å². The Morgan fingerprint density at radius 1 is 1.25 bits per heavy atom. The first-order valence-corrected chi connectivity index (χ1v) is 7.22. The van der Waals surface area contributed by atoms with Crippen molar-refractivity contribution >= 4 is 27.5 Å². The van der Waals surface area contributed by atoms with Gasteiger partial charge in [-0.25, -0.2) is 4.39 Å². The molecule has 0 aliphatic rings. The van der Waals surface area contributed by atoms with Crippen LogP contribution < -0.4 is 5.32 Å². The van der Waals surface area contributed by atoms with Crippen molar-refractivity contribution in [2.24, 2.45) is 0 Å². The number of rotatable bonds is 4. The number of anilines is 1. The third-order valence-corrected chi connectivity index (χ3v) is 3.61. The Morgan fingerprint density at radius 2 is 1.95 bits per heavy atom. The fraction of sp³-hybridized carbons (Fsp3) is 0.188. The summed E-state index contributed by atoms with van der Waals surface area (Å²) in [6, 6.07) is 14.1. The molecule has 0 aromatic heterocycles. The second kappa shape index (κ2) is 6.66. The SMILES string of the molecule is CC[C@H](C(=O)Nc1ccc(Br)cc1F)c1ccccc1. The van der Waals surface area contributed by atoms with Gasteiger partial charge in [0.25, 0.3) is 0 Å². The van der Waals surface area contributed by atoms with Crippen LogP contribution >= 0.6 is 15.9 Å². The minimum atomic E-state index is -0.448. The van der Waals surface area contributed by atoms with Crippen molar-refractivity contribution in [1.82, 2.24) is 0 Å². The zero-order chi connectivity index (χ0) is 14.5. The molecule has 0 aliphatic carbocycles. The van der Waals surface area contributed by atoms with Gasteiger partial charge in [-0.15, -0.1) is 0 Å². The molecule has 0 heterocycles. The summed E-state index contributed by atoms with van der Waals surface area (Å²) >= 11 is 3.19. The van der Waals surface area contributed by atoms with Gasteiger partial charge in [0.1, 0.15) is 5.82 Å². The van der Waals surface area contributed by atoms with Crippen LogP contribution in [0.5, 0.6) is 0 Å². The highest BCUT2D eigenvalue weighted by molar-refractivity contribution is 9.10. The van der Waals surface area contributed by atoms with Gasteiger partial charge in [-0.05, 0) is 30.2 Å². The second-order valence-electron chi connectivity index (χ2n) is 4.48. The van der Waals surface area contributed by atoms with Crippen molar-refractivity contribution in [3.8, 4) is 0 Å². The first kappa shape index (κ1) is 14.7. The third kappa shape index (κ3) is 3.45. The van der Waals surface area contributed by atoms with Gasteiger partial charge >= 0.3 is 0 Å². The topological polar surface area (TPSA) is 29.1 Å². The predicted molar refractivity (Wildman–Crippen MR) is 82.2 cm³/mol. The van der Waals surface area contributed by atoms with Gasteiger partial charge in [-0.3, -0.25) is 4.79 Å². The third-order valence-electron chi connectivity index (χ3n) is 3.12. The van der Waals surface area contributed by atoms with E-state index >= 15 is 0 Å².